The summed E-state index contributed by atoms with van der Waals surface area (Å²) in [6, 6.07) is 23.8. The highest BCUT2D eigenvalue weighted by Gasteiger charge is 2.32. The van der Waals surface area contributed by atoms with Crippen LogP contribution in [0.15, 0.2) is 83.8 Å². The maximum atomic E-state index is 14.0. The van der Waals surface area contributed by atoms with E-state index in [1.807, 2.05) is 60.7 Å². The summed E-state index contributed by atoms with van der Waals surface area (Å²) in [6.45, 7) is 4.34. The number of halogens is 1. The van der Waals surface area contributed by atoms with Gasteiger partial charge in [0.05, 0.1) is 25.1 Å². The molecule has 2 heterocycles. The largest absolute Gasteiger partial charge is 0.462 e. The topological polar surface area (TPSA) is 105 Å². The van der Waals surface area contributed by atoms with Crippen molar-refractivity contribution in [1.29, 1.82) is 0 Å². The molecule has 0 aliphatic carbocycles. The molecule has 11 heteroatoms. The number of hydrogen-bond donors (Lipinski definition) is 2. The number of amides is 3. The Kier molecular flexibility index (Phi) is 10.6. The molecule has 4 aromatic rings. The minimum absolute atomic E-state index is 0.0405. The summed E-state index contributed by atoms with van der Waals surface area (Å²) >= 11 is 8.60. The summed E-state index contributed by atoms with van der Waals surface area (Å²) in [6.07, 6.45) is 0.699. The second-order valence-electron chi connectivity index (χ2n) is 10.4. The Morgan fingerprint density at radius 2 is 1.76 bits per heavy atom. The number of ether oxygens (including phenoxy) is 1. The van der Waals surface area contributed by atoms with Crippen molar-refractivity contribution in [2.24, 2.45) is 0 Å². The van der Waals surface area contributed by atoms with Gasteiger partial charge in [-0.3, -0.25) is 14.4 Å². The number of anilines is 2. The van der Waals surface area contributed by atoms with E-state index >= 15 is 0 Å². The lowest BCUT2D eigenvalue weighted by Crippen LogP contribution is -2.34. The van der Waals surface area contributed by atoms with E-state index < -0.39 is 11.2 Å². The van der Waals surface area contributed by atoms with Gasteiger partial charge < -0.3 is 20.3 Å². The fourth-order valence-electron chi connectivity index (χ4n) is 5.03. The van der Waals surface area contributed by atoms with Gasteiger partial charge in [-0.25, -0.2) is 4.79 Å². The van der Waals surface area contributed by atoms with Crippen molar-refractivity contribution in [2.75, 3.05) is 23.8 Å². The molecule has 5 rings (SSSR count). The van der Waals surface area contributed by atoms with Gasteiger partial charge in [-0.2, -0.15) is 0 Å². The Bertz CT molecular complexity index is 1710. The Morgan fingerprint density at radius 1 is 1.00 bits per heavy atom. The molecule has 0 saturated heterocycles. The third kappa shape index (κ3) is 8.13. The summed E-state index contributed by atoms with van der Waals surface area (Å²) in [4.78, 5) is 55.2. The molecule has 232 valence electrons. The van der Waals surface area contributed by atoms with E-state index in [4.69, 9.17) is 16.3 Å². The van der Waals surface area contributed by atoms with Crippen LogP contribution in [0.3, 0.4) is 0 Å². The number of rotatable bonds is 10. The first-order chi connectivity index (χ1) is 21.7. The summed E-state index contributed by atoms with van der Waals surface area (Å²) in [7, 11) is 0. The molecular weight excluding hydrogens is 630 g/mol. The van der Waals surface area contributed by atoms with Gasteiger partial charge in [0.25, 0.3) is 0 Å². The van der Waals surface area contributed by atoms with Crippen molar-refractivity contribution in [3.05, 3.63) is 111 Å². The minimum Gasteiger partial charge on any atom is -0.462 e. The average Bonchev–Trinajstić information content (AvgIpc) is 3.38. The van der Waals surface area contributed by atoms with Crippen LogP contribution in [0, 0.1) is 0 Å². The van der Waals surface area contributed by atoms with Gasteiger partial charge in [0.2, 0.25) is 17.7 Å². The van der Waals surface area contributed by atoms with Crippen molar-refractivity contribution in [1.82, 2.24) is 4.90 Å². The summed E-state index contributed by atoms with van der Waals surface area (Å²) < 4.78 is 5.37. The molecule has 8 nitrogen and oxygen atoms in total. The van der Waals surface area contributed by atoms with Crippen molar-refractivity contribution >= 4 is 69.1 Å². The molecule has 0 fully saturated rings. The van der Waals surface area contributed by atoms with Crippen LogP contribution >= 0.6 is 34.7 Å². The smallest absolute Gasteiger partial charge is 0.341 e. The van der Waals surface area contributed by atoms with Crippen LogP contribution in [0.1, 0.15) is 51.0 Å². The normalized spacial score (nSPS) is 13.0. The highest BCUT2D eigenvalue weighted by Crippen LogP contribution is 2.41. The quantitative estimate of drug-likeness (QED) is 0.138. The van der Waals surface area contributed by atoms with Gasteiger partial charge >= 0.3 is 5.97 Å². The van der Waals surface area contributed by atoms with Crippen LogP contribution in [0.25, 0.3) is 0 Å². The lowest BCUT2D eigenvalue weighted by molar-refractivity contribution is -0.129. The first-order valence-corrected chi connectivity index (χ1v) is 16.5. The monoisotopic (exact) mass is 661 g/mol. The standard InChI is InChI=1S/C34H32ClN3O5S2/c1-3-43-34(42)30-27-16-17-38(21(2)39)20-28(27)45-33(30)37-32(41)31(23-8-5-4-6-9-23)44-26-11-7-10-25(19-26)36-29(40)18-22-12-14-24(35)15-13-22/h4-15,19,31H,3,16-18,20H2,1-2H3,(H,36,40)(H,37,41). The average molecular weight is 662 g/mol. The number of carbonyl (C=O) groups excluding carboxylic acids is 4. The maximum Gasteiger partial charge on any atom is 0.341 e. The van der Waals surface area contributed by atoms with Crippen LogP contribution in [-0.2, 0) is 38.5 Å². The zero-order valence-electron chi connectivity index (χ0n) is 24.8. The molecule has 1 aromatic heterocycles. The van der Waals surface area contributed by atoms with Crippen molar-refractivity contribution < 1.29 is 23.9 Å². The lowest BCUT2D eigenvalue weighted by atomic mass is 10.0. The predicted octanol–water partition coefficient (Wildman–Crippen LogP) is 7.14. The highest BCUT2D eigenvalue weighted by atomic mass is 35.5. The van der Waals surface area contributed by atoms with E-state index in [1.165, 1.54) is 30.0 Å². The fraction of sp³-hybridized carbons (Fsp3) is 0.235. The van der Waals surface area contributed by atoms with E-state index in [9.17, 15) is 19.2 Å². The number of hydrogen-bond acceptors (Lipinski definition) is 7. The van der Waals surface area contributed by atoms with E-state index in [0.29, 0.717) is 40.8 Å². The van der Waals surface area contributed by atoms with Gasteiger partial charge in [0, 0.05) is 34.0 Å². The van der Waals surface area contributed by atoms with Crippen LogP contribution in [-0.4, -0.2) is 41.7 Å². The summed E-state index contributed by atoms with van der Waals surface area (Å²) in [5, 5.41) is 6.31. The van der Waals surface area contributed by atoms with E-state index in [0.717, 1.165) is 26.5 Å². The Morgan fingerprint density at radius 3 is 2.47 bits per heavy atom. The number of fused-ring (bicyclic) bond motifs is 1. The lowest BCUT2D eigenvalue weighted by Gasteiger charge is -2.25. The molecule has 0 spiro atoms. The zero-order valence-corrected chi connectivity index (χ0v) is 27.2. The number of thioether (sulfide) groups is 1. The molecule has 2 N–H and O–H groups in total. The third-order valence-corrected chi connectivity index (χ3v) is 9.84. The number of nitrogens with zero attached hydrogens (tertiary/aromatic N) is 1. The van der Waals surface area contributed by atoms with Gasteiger partial charge in [0.15, 0.2) is 0 Å². The minimum atomic E-state index is -0.672. The maximum absolute atomic E-state index is 14.0. The zero-order chi connectivity index (χ0) is 31.9. The van der Waals surface area contributed by atoms with Crippen molar-refractivity contribution in [3.8, 4) is 0 Å². The number of thiophene rings is 1. The molecule has 45 heavy (non-hydrogen) atoms. The van der Waals surface area contributed by atoms with Crippen molar-refractivity contribution in [3.63, 3.8) is 0 Å². The fourth-order valence-corrected chi connectivity index (χ4v) is 7.50. The molecule has 1 aliphatic rings. The molecular formula is C34H32ClN3O5S2. The first kappa shape index (κ1) is 32.3. The van der Waals surface area contributed by atoms with Crippen LogP contribution in [0.2, 0.25) is 5.02 Å². The van der Waals surface area contributed by atoms with Crippen LogP contribution in [0.4, 0.5) is 10.7 Å². The number of benzene rings is 3. The summed E-state index contributed by atoms with van der Waals surface area (Å²) in [5.74, 6) is -1.02. The van der Waals surface area contributed by atoms with E-state index in [-0.39, 0.29) is 30.7 Å². The van der Waals surface area contributed by atoms with Crippen LogP contribution in [0.5, 0.6) is 0 Å². The van der Waals surface area contributed by atoms with Gasteiger partial charge in [0.1, 0.15) is 10.3 Å². The van der Waals surface area contributed by atoms with Gasteiger partial charge in [-0.05, 0) is 60.4 Å². The number of nitrogens with one attached hydrogen (secondary N) is 2. The molecule has 0 radical (unpaired) electrons. The Hall–Kier alpha value is -4.12. The first-order valence-electron chi connectivity index (χ1n) is 14.5. The van der Waals surface area contributed by atoms with Gasteiger partial charge in [-0.1, -0.05) is 60.1 Å². The van der Waals surface area contributed by atoms with E-state index in [1.54, 1.807) is 30.0 Å². The number of carbonyl (C=O) groups is 4. The predicted molar refractivity (Wildman–Crippen MR) is 179 cm³/mol. The highest BCUT2D eigenvalue weighted by molar-refractivity contribution is 8.00. The number of esters is 1. The molecule has 1 atom stereocenters. The second-order valence-corrected chi connectivity index (χ2v) is 13.1. The molecule has 0 bridgehead atoms. The molecule has 1 unspecified atom stereocenters. The van der Waals surface area contributed by atoms with E-state index in [2.05, 4.69) is 10.6 Å². The Balaban J connectivity index is 1.38. The summed E-state index contributed by atoms with van der Waals surface area (Å²) in [5.41, 5.74) is 3.40. The third-order valence-electron chi connectivity index (χ3n) is 7.21. The van der Waals surface area contributed by atoms with Gasteiger partial charge in [-0.15, -0.1) is 23.1 Å². The SMILES string of the molecule is CCOC(=O)c1c(NC(=O)C(Sc2cccc(NC(=O)Cc3ccc(Cl)cc3)c2)c2ccccc2)sc2c1CCN(C(C)=O)C2. The second kappa shape index (κ2) is 14.8. The molecule has 3 aromatic carbocycles. The Labute approximate surface area is 275 Å². The van der Waals surface area contributed by atoms with Crippen LogP contribution < -0.4 is 10.6 Å². The molecule has 3 amide bonds. The van der Waals surface area contributed by atoms with Crippen molar-refractivity contribution in [2.45, 2.75) is 43.4 Å². The molecule has 1 aliphatic heterocycles. The molecule has 0 saturated carbocycles.